The highest BCUT2D eigenvalue weighted by Crippen LogP contribution is 2.26. The number of benzene rings is 1. The molecule has 0 saturated heterocycles. The molecule has 1 aromatic carbocycles. The number of thiazole rings is 1. The molecule has 0 bridgehead atoms. The Hall–Kier alpha value is -3.14. The van der Waals surface area contributed by atoms with E-state index < -0.39 is 0 Å². The van der Waals surface area contributed by atoms with Gasteiger partial charge in [0.1, 0.15) is 5.82 Å². The third-order valence-electron chi connectivity index (χ3n) is 5.61. The van der Waals surface area contributed by atoms with E-state index in [1.807, 2.05) is 48.7 Å². The summed E-state index contributed by atoms with van der Waals surface area (Å²) >= 11 is 1.39. The molecular formula is C24H28N6O2S. The van der Waals surface area contributed by atoms with Crippen molar-refractivity contribution in [1.29, 1.82) is 0 Å². The molecule has 9 heteroatoms. The van der Waals surface area contributed by atoms with Crippen molar-refractivity contribution in [3.05, 3.63) is 81.5 Å². The third kappa shape index (κ3) is 5.11. The minimum absolute atomic E-state index is 0.0986. The van der Waals surface area contributed by atoms with Crippen LogP contribution in [0.1, 0.15) is 36.3 Å². The van der Waals surface area contributed by atoms with E-state index in [0.717, 1.165) is 23.4 Å². The fourth-order valence-electron chi connectivity index (χ4n) is 4.01. The average molecular weight is 465 g/mol. The molecule has 0 saturated carbocycles. The molecule has 8 nitrogen and oxygen atoms in total. The molecular weight excluding hydrogens is 436 g/mol. The summed E-state index contributed by atoms with van der Waals surface area (Å²) in [5.41, 5.74) is 10.1. The lowest BCUT2D eigenvalue weighted by Gasteiger charge is -2.31. The van der Waals surface area contributed by atoms with Crippen LogP contribution < -0.4 is 16.0 Å². The van der Waals surface area contributed by atoms with Crippen molar-refractivity contribution in [3.8, 4) is 5.88 Å². The molecule has 4 aromatic rings. The van der Waals surface area contributed by atoms with Gasteiger partial charge < -0.3 is 10.5 Å². The van der Waals surface area contributed by atoms with E-state index in [0.29, 0.717) is 42.4 Å². The van der Waals surface area contributed by atoms with Crippen LogP contribution in [0.3, 0.4) is 0 Å². The summed E-state index contributed by atoms with van der Waals surface area (Å²) in [4.78, 5) is 29.9. The second-order valence-electron chi connectivity index (χ2n) is 7.75. The molecule has 172 valence electrons. The van der Waals surface area contributed by atoms with Crippen molar-refractivity contribution < 1.29 is 4.74 Å². The van der Waals surface area contributed by atoms with Gasteiger partial charge in [-0.05, 0) is 17.5 Å². The third-order valence-corrected chi connectivity index (χ3v) is 6.33. The molecule has 0 aliphatic carbocycles. The highest BCUT2D eigenvalue weighted by atomic mass is 32.1. The second-order valence-corrected chi connectivity index (χ2v) is 8.58. The minimum atomic E-state index is -0.114. The lowest BCUT2D eigenvalue weighted by Crippen LogP contribution is -2.37. The Kier molecular flexibility index (Phi) is 7.43. The number of pyridine rings is 1. The zero-order valence-electron chi connectivity index (χ0n) is 18.8. The van der Waals surface area contributed by atoms with Crippen LogP contribution in [-0.2, 0) is 13.1 Å². The second kappa shape index (κ2) is 10.7. The van der Waals surface area contributed by atoms with Crippen LogP contribution in [0.4, 0.5) is 0 Å². The highest BCUT2D eigenvalue weighted by Gasteiger charge is 2.25. The average Bonchev–Trinajstić information content (AvgIpc) is 3.32. The number of rotatable bonds is 10. The van der Waals surface area contributed by atoms with Crippen LogP contribution >= 0.6 is 11.3 Å². The minimum Gasteiger partial charge on any atom is -0.481 e. The lowest BCUT2D eigenvalue weighted by atomic mass is 10.1. The zero-order chi connectivity index (χ0) is 23.2. The van der Waals surface area contributed by atoms with Gasteiger partial charge in [0.05, 0.1) is 25.2 Å². The first-order valence-corrected chi connectivity index (χ1v) is 11.8. The van der Waals surface area contributed by atoms with E-state index in [-0.39, 0.29) is 11.6 Å². The predicted molar refractivity (Wildman–Crippen MR) is 131 cm³/mol. The van der Waals surface area contributed by atoms with Gasteiger partial charge in [-0.15, -0.1) is 11.3 Å². The standard InChI is InChI=1S/C24H28N6O2S/c1-3-19(29(12-11-25)14-18-9-10-20(32-2)26-13-18)22-28-23-21(27-16-33-23)24(31)30(22)15-17-7-5-4-6-8-17/h4-10,13,16,19H,3,11-12,14-15,25H2,1-2H3. The molecule has 0 amide bonds. The van der Waals surface area contributed by atoms with Crippen molar-refractivity contribution in [2.75, 3.05) is 20.2 Å². The Morgan fingerprint density at radius 2 is 1.97 bits per heavy atom. The predicted octanol–water partition coefficient (Wildman–Crippen LogP) is 3.22. The Morgan fingerprint density at radius 1 is 1.15 bits per heavy atom. The van der Waals surface area contributed by atoms with E-state index >= 15 is 0 Å². The summed E-state index contributed by atoms with van der Waals surface area (Å²) in [6.45, 7) is 4.33. The van der Waals surface area contributed by atoms with Crippen LogP contribution in [-0.4, -0.2) is 44.6 Å². The number of ether oxygens (including phenoxy) is 1. The van der Waals surface area contributed by atoms with Gasteiger partial charge >= 0.3 is 0 Å². The van der Waals surface area contributed by atoms with Gasteiger partial charge in [-0.3, -0.25) is 14.3 Å². The van der Waals surface area contributed by atoms with Crippen molar-refractivity contribution in [3.63, 3.8) is 0 Å². The van der Waals surface area contributed by atoms with E-state index in [1.54, 1.807) is 17.2 Å². The molecule has 1 unspecified atom stereocenters. The fraction of sp³-hybridized carbons (Fsp3) is 0.333. The summed E-state index contributed by atoms with van der Waals surface area (Å²) < 4.78 is 6.95. The van der Waals surface area contributed by atoms with Crippen LogP contribution in [0.15, 0.2) is 59.0 Å². The van der Waals surface area contributed by atoms with Crippen molar-refractivity contribution in [2.24, 2.45) is 5.73 Å². The van der Waals surface area contributed by atoms with Gasteiger partial charge in [0.15, 0.2) is 10.3 Å². The Labute approximate surface area is 196 Å². The molecule has 1 atom stereocenters. The first-order chi connectivity index (χ1) is 16.1. The SMILES string of the molecule is CCC(c1nc2scnc2c(=O)n1Cc1ccccc1)N(CCN)Cc1ccc(OC)nc1. The quantitative estimate of drug-likeness (QED) is 0.385. The number of fused-ring (bicyclic) bond motifs is 1. The Bertz CT molecular complexity index is 1240. The van der Waals surface area contributed by atoms with E-state index in [2.05, 4.69) is 21.8 Å². The number of nitrogens with zero attached hydrogens (tertiary/aromatic N) is 5. The molecule has 0 aliphatic rings. The van der Waals surface area contributed by atoms with Crippen molar-refractivity contribution in [1.82, 2.24) is 24.4 Å². The first kappa shape index (κ1) is 23.0. The molecule has 4 rings (SSSR count). The number of aromatic nitrogens is 4. The summed E-state index contributed by atoms with van der Waals surface area (Å²) in [6, 6.07) is 13.7. The maximum atomic E-state index is 13.4. The zero-order valence-corrected chi connectivity index (χ0v) is 19.7. The van der Waals surface area contributed by atoms with Gasteiger partial charge in [-0.25, -0.2) is 15.0 Å². The molecule has 3 heterocycles. The summed E-state index contributed by atoms with van der Waals surface area (Å²) in [7, 11) is 1.60. The Morgan fingerprint density at radius 3 is 2.64 bits per heavy atom. The monoisotopic (exact) mass is 464 g/mol. The molecule has 0 fully saturated rings. The van der Waals surface area contributed by atoms with E-state index in [1.165, 1.54) is 11.3 Å². The van der Waals surface area contributed by atoms with E-state index in [4.69, 9.17) is 15.5 Å². The first-order valence-electron chi connectivity index (χ1n) is 11.0. The molecule has 0 spiro atoms. The summed E-state index contributed by atoms with van der Waals surface area (Å²) in [5, 5.41) is 0. The highest BCUT2D eigenvalue weighted by molar-refractivity contribution is 7.16. The molecule has 33 heavy (non-hydrogen) atoms. The Balaban J connectivity index is 1.76. The topological polar surface area (TPSA) is 99.2 Å². The number of nitrogens with two attached hydrogens (primary N) is 1. The lowest BCUT2D eigenvalue weighted by molar-refractivity contribution is 0.176. The van der Waals surface area contributed by atoms with Gasteiger partial charge in [-0.1, -0.05) is 43.3 Å². The largest absolute Gasteiger partial charge is 0.481 e. The summed E-state index contributed by atoms with van der Waals surface area (Å²) in [6.07, 6.45) is 2.58. The molecule has 0 radical (unpaired) electrons. The normalized spacial score (nSPS) is 12.4. The van der Waals surface area contributed by atoms with Crippen molar-refractivity contribution >= 4 is 21.7 Å². The maximum Gasteiger partial charge on any atom is 0.281 e. The van der Waals surface area contributed by atoms with Gasteiger partial charge in [0, 0.05) is 31.9 Å². The number of hydrogen-bond donors (Lipinski definition) is 1. The molecule has 3 aromatic heterocycles. The smallest absolute Gasteiger partial charge is 0.281 e. The van der Waals surface area contributed by atoms with E-state index in [9.17, 15) is 4.79 Å². The van der Waals surface area contributed by atoms with Gasteiger partial charge in [0.2, 0.25) is 5.88 Å². The van der Waals surface area contributed by atoms with Crippen LogP contribution in [0.5, 0.6) is 5.88 Å². The van der Waals surface area contributed by atoms with Crippen LogP contribution in [0, 0.1) is 0 Å². The number of hydrogen-bond acceptors (Lipinski definition) is 8. The maximum absolute atomic E-state index is 13.4. The molecule has 0 aliphatic heterocycles. The van der Waals surface area contributed by atoms with Crippen LogP contribution in [0.25, 0.3) is 10.3 Å². The van der Waals surface area contributed by atoms with Crippen molar-refractivity contribution in [2.45, 2.75) is 32.5 Å². The van der Waals surface area contributed by atoms with Crippen LogP contribution in [0.2, 0.25) is 0 Å². The fourth-order valence-corrected chi connectivity index (χ4v) is 4.67. The summed E-state index contributed by atoms with van der Waals surface area (Å²) in [5.74, 6) is 1.31. The van der Waals surface area contributed by atoms with Gasteiger partial charge in [0.25, 0.3) is 5.56 Å². The number of methoxy groups -OCH3 is 1. The molecule has 2 N–H and O–H groups in total. The van der Waals surface area contributed by atoms with Gasteiger partial charge in [-0.2, -0.15) is 0 Å².